The molecule has 0 aromatic rings. The molecule has 0 spiro atoms. The van der Waals surface area contributed by atoms with Crippen LogP contribution < -0.4 is 21.5 Å². The number of rotatable bonds is 5. The van der Waals surface area contributed by atoms with Crippen LogP contribution in [0.15, 0.2) is 0 Å². The molecule has 2 aliphatic heterocycles. The quantitative estimate of drug-likeness (QED) is 0.564. The van der Waals surface area contributed by atoms with Crippen LogP contribution in [0, 0.1) is 5.92 Å². The van der Waals surface area contributed by atoms with Gasteiger partial charge in [-0.25, -0.2) is 13.8 Å². The fourth-order valence-electron chi connectivity index (χ4n) is 3.97. The smallest absolute Gasteiger partial charge is 0.150 e. The first kappa shape index (κ1) is 17.9. The third-order valence-corrected chi connectivity index (χ3v) is 8.50. The molecule has 0 aromatic heterocycles. The van der Waals surface area contributed by atoms with Crippen LogP contribution in [0.1, 0.15) is 38.5 Å². The summed E-state index contributed by atoms with van der Waals surface area (Å²) in [5.41, 5.74) is 6.57. The maximum atomic E-state index is 11.7. The number of hydrazine groups is 1. The molecule has 23 heavy (non-hydrogen) atoms. The monoisotopic (exact) mass is 362 g/mol. The van der Waals surface area contributed by atoms with Gasteiger partial charge < -0.3 is 0 Å². The topological polar surface area (TPSA) is 82.3 Å². The van der Waals surface area contributed by atoms with E-state index in [1.54, 1.807) is 0 Å². The zero-order valence-electron chi connectivity index (χ0n) is 13.9. The van der Waals surface area contributed by atoms with Gasteiger partial charge in [0.05, 0.1) is 5.25 Å². The first-order chi connectivity index (χ1) is 11.0. The van der Waals surface area contributed by atoms with Crippen molar-refractivity contribution in [3.63, 3.8) is 0 Å². The predicted molar refractivity (Wildman–Crippen MR) is 95.9 cm³/mol. The average Bonchev–Trinajstić information content (AvgIpc) is 3.06. The van der Waals surface area contributed by atoms with Gasteiger partial charge in [-0.1, -0.05) is 0 Å². The lowest BCUT2D eigenvalue weighted by molar-refractivity contribution is 0.162. The van der Waals surface area contributed by atoms with Gasteiger partial charge in [-0.15, -0.1) is 0 Å². The summed E-state index contributed by atoms with van der Waals surface area (Å²) in [7, 11) is -2.87. The summed E-state index contributed by atoms with van der Waals surface area (Å²) < 4.78 is 23.4. The Bertz CT molecular complexity index is 474. The molecule has 0 amide bonds. The maximum absolute atomic E-state index is 11.7. The SMILES string of the molecule is CS(=O)(=O)C1CCC(C2CNNC(NCC3CCCS3)N2)CC1. The number of sulfone groups is 1. The fourth-order valence-corrected chi connectivity index (χ4v) is 6.31. The van der Waals surface area contributed by atoms with Gasteiger partial charge >= 0.3 is 0 Å². The Kier molecular flexibility index (Phi) is 6.25. The van der Waals surface area contributed by atoms with Crippen molar-refractivity contribution >= 4 is 21.6 Å². The second-order valence-electron chi connectivity index (χ2n) is 7.14. The molecule has 1 aliphatic carbocycles. The Balaban J connectivity index is 1.43. The zero-order valence-corrected chi connectivity index (χ0v) is 15.5. The standard InChI is InChI=1S/C15H30N4O2S2/c1-23(20,21)13-6-4-11(5-7-13)14-10-17-19-15(18-14)16-9-12-3-2-8-22-12/h11-19H,2-10H2,1H3. The molecule has 0 bridgehead atoms. The van der Waals surface area contributed by atoms with Crippen LogP contribution in [-0.2, 0) is 9.84 Å². The summed E-state index contributed by atoms with van der Waals surface area (Å²) in [5.74, 6) is 1.86. The van der Waals surface area contributed by atoms with E-state index in [9.17, 15) is 8.42 Å². The summed E-state index contributed by atoms with van der Waals surface area (Å²) in [5, 5.41) is 7.84. The predicted octanol–water partition coefficient (Wildman–Crippen LogP) is 0.425. The van der Waals surface area contributed by atoms with Gasteiger partial charge in [0, 0.05) is 30.6 Å². The van der Waals surface area contributed by atoms with Crippen molar-refractivity contribution in [3.05, 3.63) is 0 Å². The minimum absolute atomic E-state index is 0.0996. The molecule has 6 nitrogen and oxygen atoms in total. The third kappa shape index (κ3) is 5.06. The van der Waals surface area contributed by atoms with E-state index in [2.05, 4.69) is 33.2 Å². The molecule has 0 radical (unpaired) electrons. The van der Waals surface area contributed by atoms with E-state index in [-0.39, 0.29) is 11.5 Å². The van der Waals surface area contributed by atoms with Crippen molar-refractivity contribution in [2.24, 2.45) is 5.92 Å². The van der Waals surface area contributed by atoms with Crippen molar-refractivity contribution in [1.82, 2.24) is 21.5 Å². The molecule has 2 saturated heterocycles. The summed E-state index contributed by atoms with van der Waals surface area (Å²) in [4.78, 5) is 0. The van der Waals surface area contributed by atoms with Crippen LogP contribution in [0.5, 0.6) is 0 Å². The molecule has 1 saturated carbocycles. The molecule has 8 heteroatoms. The number of hydrogen-bond acceptors (Lipinski definition) is 7. The van der Waals surface area contributed by atoms with Gasteiger partial charge in [0.15, 0.2) is 0 Å². The summed E-state index contributed by atoms with van der Waals surface area (Å²) >= 11 is 2.07. The van der Waals surface area contributed by atoms with E-state index in [0.29, 0.717) is 12.0 Å². The lowest BCUT2D eigenvalue weighted by Gasteiger charge is -2.40. The van der Waals surface area contributed by atoms with Gasteiger partial charge in [0.2, 0.25) is 0 Å². The van der Waals surface area contributed by atoms with Crippen molar-refractivity contribution < 1.29 is 8.42 Å². The van der Waals surface area contributed by atoms with E-state index in [1.807, 2.05) is 0 Å². The Morgan fingerprint density at radius 1 is 1.17 bits per heavy atom. The molecule has 3 aliphatic rings. The summed E-state index contributed by atoms with van der Waals surface area (Å²) in [6.07, 6.45) is 7.76. The van der Waals surface area contributed by atoms with E-state index < -0.39 is 9.84 Å². The van der Waals surface area contributed by atoms with Crippen molar-refractivity contribution in [1.29, 1.82) is 0 Å². The van der Waals surface area contributed by atoms with Crippen LogP contribution in [0.4, 0.5) is 0 Å². The van der Waals surface area contributed by atoms with Crippen molar-refractivity contribution in [2.45, 2.75) is 61.4 Å². The van der Waals surface area contributed by atoms with Crippen molar-refractivity contribution in [2.75, 3.05) is 25.1 Å². The van der Waals surface area contributed by atoms with Gasteiger partial charge in [0.25, 0.3) is 0 Å². The maximum Gasteiger partial charge on any atom is 0.150 e. The minimum Gasteiger partial charge on any atom is -0.288 e. The number of nitrogens with one attached hydrogen (secondary N) is 4. The van der Waals surface area contributed by atoms with Crippen LogP contribution in [0.25, 0.3) is 0 Å². The molecular formula is C15H30N4O2S2. The van der Waals surface area contributed by atoms with Crippen molar-refractivity contribution in [3.8, 4) is 0 Å². The fraction of sp³-hybridized carbons (Fsp3) is 1.00. The Morgan fingerprint density at radius 2 is 1.96 bits per heavy atom. The molecule has 3 fully saturated rings. The summed E-state index contributed by atoms with van der Waals surface area (Å²) in [6, 6.07) is 0.408. The van der Waals surface area contributed by atoms with Gasteiger partial charge in [-0.2, -0.15) is 11.8 Å². The lowest BCUT2D eigenvalue weighted by Crippen LogP contribution is -2.69. The normalized spacial score (nSPS) is 39.4. The van der Waals surface area contributed by atoms with Crippen LogP contribution >= 0.6 is 11.8 Å². The highest BCUT2D eigenvalue weighted by molar-refractivity contribution is 8.00. The number of hydrogen-bond donors (Lipinski definition) is 4. The lowest BCUT2D eigenvalue weighted by atomic mass is 9.83. The van der Waals surface area contributed by atoms with Gasteiger partial charge in [-0.05, 0) is 50.2 Å². The van der Waals surface area contributed by atoms with Crippen LogP contribution in [0.2, 0.25) is 0 Å². The largest absolute Gasteiger partial charge is 0.288 e. The van der Waals surface area contributed by atoms with E-state index >= 15 is 0 Å². The first-order valence-electron chi connectivity index (χ1n) is 8.80. The number of thioether (sulfide) groups is 1. The molecule has 0 aromatic carbocycles. The Labute approximate surface area is 144 Å². The average molecular weight is 363 g/mol. The zero-order chi connectivity index (χ0) is 16.3. The van der Waals surface area contributed by atoms with Crippen LogP contribution in [0.3, 0.4) is 0 Å². The highest BCUT2D eigenvalue weighted by atomic mass is 32.2. The Hall–Kier alpha value is 0.140. The third-order valence-electron chi connectivity index (χ3n) is 5.42. The molecule has 3 atom stereocenters. The van der Waals surface area contributed by atoms with E-state index in [1.165, 1.54) is 24.9 Å². The first-order valence-corrected chi connectivity index (χ1v) is 11.8. The van der Waals surface area contributed by atoms with Gasteiger partial charge in [-0.3, -0.25) is 16.1 Å². The molecule has 3 rings (SSSR count). The second-order valence-corrected chi connectivity index (χ2v) is 10.9. The molecule has 4 N–H and O–H groups in total. The summed E-state index contributed by atoms with van der Waals surface area (Å²) in [6.45, 7) is 1.93. The van der Waals surface area contributed by atoms with Gasteiger partial charge in [0.1, 0.15) is 16.1 Å². The van der Waals surface area contributed by atoms with E-state index in [4.69, 9.17) is 0 Å². The van der Waals surface area contributed by atoms with Crippen LogP contribution in [-0.4, -0.2) is 56.3 Å². The highest BCUT2D eigenvalue weighted by Crippen LogP contribution is 2.30. The molecular weight excluding hydrogens is 332 g/mol. The Morgan fingerprint density at radius 3 is 2.61 bits per heavy atom. The molecule has 2 heterocycles. The minimum atomic E-state index is -2.87. The van der Waals surface area contributed by atoms with E-state index in [0.717, 1.165) is 44.0 Å². The highest BCUT2D eigenvalue weighted by Gasteiger charge is 2.34. The molecule has 134 valence electrons. The second kappa shape index (κ2) is 8.01. The molecule has 3 unspecified atom stereocenters.